The number of hydrogen-bond donors (Lipinski definition) is 0. The number of amides is 2. The van der Waals surface area contributed by atoms with Crippen molar-refractivity contribution in [3.8, 4) is 0 Å². The largest absolute Gasteiger partial charge is 0.378 e. The van der Waals surface area contributed by atoms with Gasteiger partial charge in [-0.05, 0) is 18.9 Å². The first-order valence-electron chi connectivity index (χ1n) is 7.49. The van der Waals surface area contributed by atoms with Crippen molar-refractivity contribution in [2.24, 2.45) is 0 Å². The second-order valence-corrected chi connectivity index (χ2v) is 5.86. The minimum Gasteiger partial charge on any atom is -0.378 e. The fourth-order valence-electron chi connectivity index (χ4n) is 2.99. The summed E-state index contributed by atoms with van der Waals surface area (Å²) >= 11 is 0. The highest BCUT2D eigenvalue weighted by molar-refractivity contribution is 5.74. The van der Waals surface area contributed by atoms with Crippen LogP contribution in [-0.4, -0.2) is 58.5 Å². The van der Waals surface area contributed by atoms with E-state index in [1.165, 1.54) is 24.2 Å². The highest BCUT2D eigenvalue weighted by Crippen LogP contribution is 2.39. The zero-order valence-electron chi connectivity index (χ0n) is 11.6. The van der Waals surface area contributed by atoms with Crippen LogP contribution in [-0.2, 0) is 17.8 Å². The van der Waals surface area contributed by atoms with Crippen LogP contribution in [0.25, 0.3) is 0 Å². The zero-order chi connectivity index (χ0) is 13.5. The van der Waals surface area contributed by atoms with E-state index >= 15 is 0 Å². The van der Waals surface area contributed by atoms with Crippen molar-refractivity contribution in [1.82, 2.24) is 19.6 Å². The van der Waals surface area contributed by atoms with Gasteiger partial charge in [0.2, 0.25) is 0 Å². The average molecular weight is 276 g/mol. The fourth-order valence-corrected chi connectivity index (χ4v) is 2.99. The maximum Gasteiger partial charge on any atom is 0.320 e. The van der Waals surface area contributed by atoms with Crippen molar-refractivity contribution in [3.63, 3.8) is 0 Å². The van der Waals surface area contributed by atoms with E-state index in [9.17, 15) is 4.79 Å². The zero-order valence-corrected chi connectivity index (χ0v) is 11.6. The number of hydrogen-bond acceptors (Lipinski definition) is 3. The molecule has 0 atom stereocenters. The standard InChI is InChI=1S/C14H20N4O2/c19-14(16-5-7-20-8-6-16)17-3-4-18-12(10-17)9-13(15-18)11-1-2-11/h9,11H,1-8,10H2. The first-order valence-corrected chi connectivity index (χ1v) is 7.49. The summed E-state index contributed by atoms with van der Waals surface area (Å²) in [5.41, 5.74) is 2.40. The third kappa shape index (κ3) is 2.18. The Morgan fingerprint density at radius 1 is 1.15 bits per heavy atom. The number of rotatable bonds is 1. The Morgan fingerprint density at radius 2 is 1.95 bits per heavy atom. The van der Waals surface area contributed by atoms with Gasteiger partial charge < -0.3 is 14.5 Å². The molecular weight excluding hydrogens is 256 g/mol. The lowest BCUT2D eigenvalue weighted by Crippen LogP contribution is -2.50. The number of aromatic nitrogens is 2. The van der Waals surface area contributed by atoms with Gasteiger partial charge in [0.15, 0.2) is 0 Å². The molecule has 1 aromatic heterocycles. The van der Waals surface area contributed by atoms with Crippen molar-refractivity contribution in [3.05, 3.63) is 17.5 Å². The van der Waals surface area contributed by atoms with Gasteiger partial charge in [0.05, 0.1) is 37.7 Å². The molecule has 0 bridgehead atoms. The third-order valence-electron chi connectivity index (χ3n) is 4.36. The summed E-state index contributed by atoms with van der Waals surface area (Å²) in [5.74, 6) is 0.677. The van der Waals surface area contributed by atoms with Crippen LogP contribution in [0, 0.1) is 0 Å². The predicted molar refractivity (Wildman–Crippen MR) is 72.4 cm³/mol. The smallest absolute Gasteiger partial charge is 0.320 e. The van der Waals surface area contributed by atoms with Crippen LogP contribution in [0.2, 0.25) is 0 Å². The lowest BCUT2D eigenvalue weighted by molar-refractivity contribution is 0.0407. The Hall–Kier alpha value is -1.56. The molecule has 108 valence electrons. The van der Waals surface area contributed by atoms with E-state index in [-0.39, 0.29) is 6.03 Å². The molecule has 1 saturated carbocycles. The molecule has 0 N–H and O–H groups in total. The van der Waals surface area contributed by atoms with Crippen LogP contribution in [0.4, 0.5) is 4.79 Å². The number of fused-ring (bicyclic) bond motifs is 1. The van der Waals surface area contributed by atoms with Gasteiger partial charge in [0.1, 0.15) is 0 Å². The Labute approximate surface area is 118 Å². The number of carbonyl (C=O) groups excluding carboxylic acids is 1. The molecular formula is C14H20N4O2. The second-order valence-electron chi connectivity index (χ2n) is 5.86. The van der Waals surface area contributed by atoms with Crippen molar-refractivity contribution in [2.75, 3.05) is 32.8 Å². The molecule has 0 unspecified atom stereocenters. The Bertz CT molecular complexity index is 517. The number of carbonyl (C=O) groups is 1. The third-order valence-corrected chi connectivity index (χ3v) is 4.36. The van der Waals surface area contributed by atoms with E-state index in [1.54, 1.807) is 0 Å². The van der Waals surface area contributed by atoms with Crippen LogP contribution in [0.1, 0.15) is 30.1 Å². The normalized spacial score (nSPS) is 22.8. The summed E-state index contributed by atoms with van der Waals surface area (Å²) in [6.45, 7) is 5.00. The molecule has 0 radical (unpaired) electrons. The molecule has 0 aromatic carbocycles. The molecule has 3 aliphatic rings. The first kappa shape index (κ1) is 12.2. The van der Waals surface area contributed by atoms with Gasteiger partial charge in [-0.2, -0.15) is 5.10 Å². The summed E-state index contributed by atoms with van der Waals surface area (Å²) in [5, 5.41) is 4.66. The van der Waals surface area contributed by atoms with E-state index in [1.807, 2.05) is 9.80 Å². The number of ether oxygens (including phenoxy) is 1. The quantitative estimate of drug-likeness (QED) is 0.770. The summed E-state index contributed by atoms with van der Waals surface area (Å²) in [7, 11) is 0. The Balaban J connectivity index is 1.46. The van der Waals surface area contributed by atoms with Gasteiger partial charge in [-0.25, -0.2) is 4.79 Å². The van der Waals surface area contributed by atoms with Crippen LogP contribution in [0.15, 0.2) is 6.07 Å². The molecule has 0 spiro atoms. The molecule has 20 heavy (non-hydrogen) atoms. The Kier molecular flexibility index (Phi) is 2.91. The maximum absolute atomic E-state index is 12.5. The van der Waals surface area contributed by atoms with Gasteiger partial charge in [0.25, 0.3) is 0 Å². The highest BCUT2D eigenvalue weighted by Gasteiger charge is 2.31. The molecule has 2 amide bonds. The fraction of sp³-hybridized carbons (Fsp3) is 0.714. The number of morpholine rings is 1. The summed E-state index contributed by atoms with van der Waals surface area (Å²) in [4.78, 5) is 16.3. The molecule has 4 rings (SSSR count). The maximum atomic E-state index is 12.5. The van der Waals surface area contributed by atoms with Crippen LogP contribution >= 0.6 is 0 Å². The van der Waals surface area contributed by atoms with Crippen LogP contribution in [0.3, 0.4) is 0 Å². The second kappa shape index (κ2) is 4.77. The van der Waals surface area contributed by atoms with E-state index in [4.69, 9.17) is 4.74 Å². The molecule has 2 aliphatic heterocycles. The lowest BCUT2D eigenvalue weighted by atomic mass is 10.2. The topological polar surface area (TPSA) is 50.6 Å². The van der Waals surface area contributed by atoms with E-state index in [0.717, 1.165) is 13.1 Å². The minimum absolute atomic E-state index is 0.147. The SMILES string of the molecule is O=C(N1CCOCC1)N1CCn2nc(C3CC3)cc2C1. The minimum atomic E-state index is 0.147. The lowest BCUT2D eigenvalue weighted by Gasteiger charge is -2.34. The van der Waals surface area contributed by atoms with Crippen LogP contribution in [0.5, 0.6) is 0 Å². The first-order chi connectivity index (χ1) is 9.81. The average Bonchev–Trinajstić information content (AvgIpc) is 3.26. The molecule has 3 heterocycles. The molecule has 2 fully saturated rings. The van der Waals surface area contributed by atoms with Crippen molar-refractivity contribution in [1.29, 1.82) is 0 Å². The number of urea groups is 1. The van der Waals surface area contributed by atoms with E-state index in [2.05, 4.69) is 15.8 Å². The molecule has 1 saturated heterocycles. The van der Waals surface area contributed by atoms with Crippen LogP contribution < -0.4 is 0 Å². The summed E-state index contributed by atoms with van der Waals surface area (Å²) < 4.78 is 7.38. The summed E-state index contributed by atoms with van der Waals surface area (Å²) in [6.07, 6.45) is 2.54. The van der Waals surface area contributed by atoms with Gasteiger partial charge in [-0.15, -0.1) is 0 Å². The highest BCUT2D eigenvalue weighted by atomic mass is 16.5. The van der Waals surface area contributed by atoms with Crippen molar-refractivity contribution >= 4 is 6.03 Å². The Morgan fingerprint density at radius 3 is 2.70 bits per heavy atom. The molecule has 1 aromatic rings. The van der Waals surface area contributed by atoms with E-state index < -0.39 is 0 Å². The summed E-state index contributed by atoms with van der Waals surface area (Å²) in [6, 6.07) is 2.34. The van der Waals surface area contributed by atoms with Gasteiger partial charge in [-0.1, -0.05) is 0 Å². The monoisotopic (exact) mass is 276 g/mol. The van der Waals surface area contributed by atoms with Gasteiger partial charge >= 0.3 is 6.03 Å². The molecule has 1 aliphatic carbocycles. The van der Waals surface area contributed by atoms with E-state index in [0.29, 0.717) is 38.8 Å². The van der Waals surface area contributed by atoms with Crippen molar-refractivity contribution in [2.45, 2.75) is 31.8 Å². The van der Waals surface area contributed by atoms with Gasteiger partial charge in [0, 0.05) is 25.6 Å². The van der Waals surface area contributed by atoms with Gasteiger partial charge in [-0.3, -0.25) is 4.68 Å². The molecule has 6 heteroatoms. The van der Waals surface area contributed by atoms with Crippen molar-refractivity contribution < 1.29 is 9.53 Å². The number of nitrogens with zero attached hydrogens (tertiary/aromatic N) is 4. The molecule has 6 nitrogen and oxygen atoms in total. The predicted octanol–water partition coefficient (Wildman–Crippen LogP) is 1.03.